The largest absolute Gasteiger partial charge is 0.391 e. The van der Waals surface area contributed by atoms with Gasteiger partial charge in [-0.2, -0.15) is 0 Å². The van der Waals surface area contributed by atoms with Crippen molar-refractivity contribution in [1.82, 2.24) is 4.57 Å². The van der Waals surface area contributed by atoms with Crippen LogP contribution in [0.1, 0.15) is 5.69 Å². The molecule has 1 aromatic heterocycles. The average Bonchev–Trinajstić information content (AvgIpc) is 2.55. The summed E-state index contributed by atoms with van der Waals surface area (Å²) in [6.45, 7) is 0.286. The molecule has 1 aromatic carbocycles. The van der Waals surface area contributed by atoms with Gasteiger partial charge >= 0.3 is 0 Å². The minimum atomic E-state index is -0.487. The number of hydrogen-bond donors (Lipinski definition) is 2. The minimum Gasteiger partial charge on any atom is -0.391 e. The van der Waals surface area contributed by atoms with E-state index in [4.69, 9.17) is 5.73 Å². The van der Waals surface area contributed by atoms with Crippen LogP contribution in [-0.4, -0.2) is 22.3 Å². The van der Waals surface area contributed by atoms with Crippen LogP contribution in [0.3, 0.4) is 0 Å². The zero-order valence-electron chi connectivity index (χ0n) is 9.15. The van der Waals surface area contributed by atoms with Crippen molar-refractivity contribution < 1.29 is 5.11 Å². The number of nitrogens with zero attached hydrogens (tertiary/aromatic N) is 1. The van der Waals surface area contributed by atoms with Crippen molar-refractivity contribution in [3.05, 3.63) is 34.4 Å². The molecule has 0 fully saturated rings. The maximum atomic E-state index is 9.63. The van der Waals surface area contributed by atoms with Gasteiger partial charge < -0.3 is 15.4 Å². The van der Waals surface area contributed by atoms with E-state index in [9.17, 15) is 5.11 Å². The maximum Gasteiger partial charge on any atom is 0.0717 e. The summed E-state index contributed by atoms with van der Waals surface area (Å²) in [4.78, 5) is 0. The molecule has 0 aliphatic rings. The number of nitrogens with two attached hydrogens (primary N) is 1. The highest BCUT2D eigenvalue weighted by atomic mass is 79.9. The van der Waals surface area contributed by atoms with Gasteiger partial charge in [0.05, 0.1) is 6.10 Å². The zero-order valence-corrected chi connectivity index (χ0v) is 10.7. The van der Waals surface area contributed by atoms with Crippen molar-refractivity contribution in [3.63, 3.8) is 0 Å². The van der Waals surface area contributed by atoms with E-state index < -0.39 is 6.10 Å². The molecular formula is C12H15BrN2O. The molecule has 86 valence electrons. The first-order chi connectivity index (χ1) is 7.65. The van der Waals surface area contributed by atoms with Gasteiger partial charge in [-0.15, -0.1) is 0 Å². The third-order valence-corrected chi connectivity index (χ3v) is 3.75. The molecule has 3 N–H and O–H groups in total. The maximum absolute atomic E-state index is 9.63. The van der Waals surface area contributed by atoms with Crippen molar-refractivity contribution >= 4 is 26.8 Å². The second-order valence-corrected chi connectivity index (χ2v) is 4.72. The number of halogens is 1. The molecule has 4 heteroatoms. The van der Waals surface area contributed by atoms with Crippen molar-refractivity contribution in [1.29, 1.82) is 0 Å². The summed E-state index contributed by atoms with van der Waals surface area (Å²) in [5, 5.41) is 10.8. The number of hydrogen-bond acceptors (Lipinski definition) is 2. The van der Waals surface area contributed by atoms with Gasteiger partial charge in [0.25, 0.3) is 0 Å². The Kier molecular flexibility index (Phi) is 3.33. The predicted molar refractivity (Wildman–Crippen MR) is 69.4 cm³/mol. The Labute approximate surface area is 103 Å². The monoisotopic (exact) mass is 282 g/mol. The van der Waals surface area contributed by atoms with Gasteiger partial charge in [-0.1, -0.05) is 18.2 Å². The number of aryl methyl sites for hydroxylation is 1. The van der Waals surface area contributed by atoms with E-state index in [1.165, 1.54) is 5.39 Å². The molecule has 0 spiro atoms. The number of aliphatic hydroxyl groups is 1. The molecule has 0 aliphatic heterocycles. The molecule has 0 aliphatic carbocycles. The number of para-hydroxylation sites is 1. The Hall–Kier alpha value is -0.840. The van der Waals surface area contributed by atoms with E-state index in [0.29, 0.717) is 6.42 Å². The van der Waals surface area contributed by atoms with Crippen LogP contribution in [0, 0.1) is 0 Å². The molecule has 0 saturated carbocycles. The normalized spacial score (nSPS) is 13.2. The molecule has 1 atom stereocenters. The first-order valence-electron chi connectivity index (χ1n) is 5.25. The first kappa shape index (κ1) is 11.6. The van der Waals surface area contributed by atoms with Crippen LogP contribution in [0.25, 0.3) is 10.9 Å². The summed E-state index contributed by atoms with van der Waals surface area (Å²) in [6, 6.07) is 8.16. The molecule has 0 bridgehead atoms. The molecule has 2 aromatic rings. The van der Waals surface area contributed by atoms with Crippen molar-refractivity contribution in [2.24, 2.45) is 12.8 Å². The minimum absolute atomic E-state index is 0.286. The lowest BCUT2D eigenvalue weighted by Crippen LogP contribution is -2.23. The summed E-state index contributed by atoms with van der Waals surface area (Å²) >= 11 is 3.59. The van der Waals surface area contributed by atoms with Crippen LogP contribution in [0.2, 0.25) is 0 Å². The number of fused-ring (bicyclic) bond motifs is 1. The molecule has 2 rings (SSSR count). The second-order valence-electron chi connectivity index (χ2n) is 3.93. The SMILES string of the molecule is Cn1c(CC(O)CN)c(Br)c2ccccc21. The molecule has 3 nitrogen and oxygen atoms in total. The lowest BCUT2D eigenvalue weighted by atomic mass is 10.2. The Balaban J connectivity index is 2.53. The topological polar surface area (TPSA) is 51.2 Å². The quantitative estimate of drug-likeness (QED) is 0.902. The summed E-state index contributed by atoms with van der Waals surface area (Å²) in [5.41, 5.74) is 7.68. The second kappa shape index (κ2) is 4.57. The highest BCUT2D eigenvalue weighted by Crippen LogP contribution is 2.30. The van der Waals surface area contributed by atoms with Gasteiger partial charge in [0.15, 0.2) is 0 Å². The van der Waals surface area contributed by atoms with Crippen molar-refractivity contribution in [3.8, 4) is 0 Å². The molecular weight excluding hydrogens is 268 g/mol. The van der Waals surface area contributed by atoms with Gasteiger partial charge in [-0.05, 0) is 22.0 Å². The summed E-state index contributed by atoms with van der Waals surface area (Å²) in [7, 11) is 2.01. The third-order valence-electron chi connectivity index (χ3n) is 2.86. The van der Waals surface area contributed by atoms with E-state index >= 15 is 0 Å². The molecule has 0 amide bonds. The van der Waals surface area contributed by atoms with E-state index in [1.54, 1.807) is 0 Å². The first-order valence-corrected chi connectivity index (χ1v) is 6.04. The predicted octanol–water partition coefficient (Wildman–Crippen LogP) is 1.80. The molecule has 1 heterocycles. The fourth-order valence-corrected chi connectivity index (χ4v) is 2.70. The summed E-state index contributed by atoms with van der Waals surface area (Å²) < 4.78 is 3.15. The van der Waals surface area contributed by atoms with Gasteiger partial charge in [0, 0.05) is 41.1 Å². The zero-order chi connectivity index (χ0) is 11.7. The fourth-order valence-electron chi connectivity index (χ4n) is 1.93. The molecule has 0 saturated heterocycles. The average molecular weight is 283 g/mol. The molecule has 1 unspecified atom stereocenters. The lowest BCUT2D eigenvalue weighted by molar-refractivity contribution is 0.181. The Morgan fingerprint density at radius 1 is 1.44 bits per heavy atom. The van der Waals surface area contributed by atoms with Gasteiger partial charge in [-0.25, -0.2) is 0 Å². The smallest absolute Gasteiger partial charge is 0.0717 e. The van der Waals surface area contributed by atoms with Crippen LogP contribution in [-0.2, 0) is 13.5 Å². The van der Waals surface area contributed by atoms with E-state index in [1.807, 2.05) is 19.2 Å². The van der Waals surface area contributed by atoms with Crippen LogP contribution >= 0.6 is 15.9 Å². The number of rotatable bonds is 3. The van der Waals surface area contributed by atoms with E-state index in [-0.39, 0.29) is 6.54 Å². The molecule has 0 radical (unpaired) electrons. The highest BCUT2D eigenvalue weighted by Gasteiger charge is 2.14. The van der Waals surface area contributed by atoms with Crippen LogP contribution in [0.5, 0.6) is 0 Å². The van der Waals surface area contributed by atoms with E-state index in [2.05, 4.69) is 32.6 Å². The molecule has 16 heavy (non-hydrogen) atoms. The van der Waals surface area contributed by atoms with Gasteiger partial charge in [0.2, 0.25) is 0 Å². The third kappa shape index (κ3) is 1.88. The number of aliphatic hydroxyl groups excluding tert-OH is 1. The Bertz CT molecular complexity index is 468. The number of aromatic nitrogens is 1. The Morgan fingerprint density at radius 3 is 2.75 bits per heavy atom. The highest BCUT2D eigenvalue weighted by molar-refractivity contribution is 9.10. The van der Waals surface area contributed by atoms with E-state index in [0.717, 1.165) is 15.7 Å². The summed E-state index contributed by atoms with van der Waals surface area (Å²) in [5.74, 6) is 0. The van der Waals surface area contributed by atoms with Crippen LogP contribution in [0.15, 0.2) is 28.7 Å². The van der Waals surface area contributed by atoms with Crippen molar-refractivity contribution in [2.45, 2.75) is 12.5 Å². The van der Waals surface area contributed by atoms with Gasteiger partial charge in [-0.3, -0.25) is 0 Å². The van der Waals surface area contributed by atoms with Crippen molar-refractivity contribution in [2.75, 3.05) is 6.54 Å². The number of benzene rings is 1. The Morgan fingerprint density at radius 2 is 2.12 bits per heavy atom. The fraction of sp³-hybridized carbons (Fsp3) is 0.333. The van der Waals surface area contributed by atoms with Crippen LogP contribution < -0.4 is 5.73 Å². The lowest BCUT2D eigenvalue weighted by Gasteiger charge is -2.09. The van der Waals surface area contributed by atoms with Crippen LogP contribution in [0.4, 0.5) is 0 Å². The van der Waals surface area contributed by atoms with Gasteiger partial charge in [0.1, 0.15) is 0 Å². The summed E-state index contributed by atoms with van der Waals surface area (Å²) in [6.07, 6.45) is 0.0849. The standard InChI is InChI=1S/C12H15BrN2O/c1-15-10-5-3-2-4-9(10)12(13)11(15)6-8(16)7-14/h2-5,8,16H,6-7,14H2,1H3.